The molecule has 1 aromatic carbocycles. The fourth-order valence-corrected chi connectivity index (χ4v) is 4.24. The first kappa shape index (κ1) is 14.2. The third kappa shape index (κ3) is 2.17. The van der Waals surface area contributed by atoms with Gasteiger partial charge >= 0.3 is 0 Å². The second-order valence-corrected chi connectivity index (χ2v) is 7.00. The molecule has 1 spiro atoms. The van der Waals surface area contributed by atoms with Crippen molar-refractivity contribution in [1.82, 2.24) is 4.90 Å². The number of carbonyl (C=O) groups excluding carboxylic acids is 1. The molecule has 1 aromatic rings. The smallest absolute Gasteiger partial charge is 0.241 e. The zero-order valence-corrected chi connectivity index (χ0v) is 13.3. The third-order valence-electron chi connectivity index (χ3n) is 5.63. The summed E-state index contributed by atoms with van der Waals surface area (Å²) in [6.07, 6.45) is 4.58. The Bertz CT molecular complexity index is 582. The number of amides is 1. The average Bonchev–Trinajstić information content (AvgIpc) is 2.82. The minimum Gasteiger partial charge on any atom is -0.378 e. The molecule has 0 N–H and O–H groups in total. The molecular weight excluding hydrogens is 276 g/mol. The zero-order valence-electron chi connectivity index (χ0n) is 13.3. The Kier molecular flexibility index (Phi) is 3.46. The van der Waals surface area contributed by atoms with Crippen molar-refractivity contribution in [3.63, 3.8) is 0 Å². The van der Waals surface area contributed by atoms with E-state index in [9.17, 15) is 4.79 Å². The van der Waals surface area contributed by atoms with E-state index in [1.165, 1.54) is 24.8 Å². The number of rotatable bonds is 2. The number of benzene rings is 1. The molecule has 3 aliphatic rings. The molecule has 4 rings (SSSR count). The number of fused-ring (bicyclic) bond motifs is 1. The number of carbonyl (C=O) groups is 1. The SMILES string of the molecule is CC1Cc2ccccc2N1C(=O)CN1CCOCC12CCC2. The molecule has 4 heteroatoms. The van der Waals surface area contributed by atoms with Crippen molar-refractivity contribution in [3.8, 4) is 0 Å². The largest absolute Gasteiger partial charge is 0.378 e. The van der Waals surface area contributed by atoms with Gasteiger partial charge in [0.25, 0.3) is 0 Å². The number of morpholine rings is 1. The van der Waals surface area contributed by atoms with Gasteiger partial charge < -0.3 is 9.64 Å². The predicted molar refractivity (Wildman–Crippen MR) is 86.1 cm³/mol. The van der Waals surface area contributed by atoms with Gasteiger partial charge in [-0.25, -0.2) is 0 Å². The zero-order chi connectivity index (χ0) is 15.2. The maximum atomic E-state index is 13.0. The van der Waals surface area contributed by atoms with Crippen molar-refractivity contribution in [1.29, 1.82) is 0 Å². The molecule has 2 heterocycles. The Morgan fingerprint density at radius 2 is 2.18 bits per heavy atom. The first-order valence-electron chi connectivity index (χ1n) is 8.42. The van der Waals surface area contributed by atoms with Crippen LogP contribution in [0.1, 0.15) is 31.7 Å². The summed E-state index contributed by atoms with van der Waals surface area (Å²) in [6, 6.07) is 8.57. The molecule has 2 fully saturated rings. The monoisotopic (exact) mass is 300 g/mol. The van der Waals surface area contributed by atoms with Crippen LogP contribution in [0.4, 0.5) is 5.69 Å². The van der Waals surface area contributed by atoms with Crippen molar-refractivity contribution in [2.24, 2.45) is 0 Å². The summed E-state index contributed by atoms with van der Waals surface area (Å²) >= 11 is 0. The molecule has 1 aliphatic carbocycles. The lowest BCUT2D eigenvalue weighted by molar-refractivity contribution is -0.134. The highest BCUT2D eigenvalue weighted by Crippen LogP contribution is 2.40. The summed E-state index contributed by atoms with van der Waals surface area (Å²) in [5.41, 5.74) is 2.55. The fourth-order valence-electron chi connectivity index (χ4n) is 4.24. The van der Waals surface area contributed by atoms with Crippen molar-refractivity contribution < 1.29 is 9.53 Å². The van der Waals surface area contributed by atoms with Crippen molar-refractivity contribution in [2.75, 3.05) is 31.2 Å². The molecule has 118 valence electrons. The van der Waals surface area contributed by atoms with Crippen LogP contribution in [0, 0.1) is 0 Å². The summed E-state index contributed by atoms with van der Waals surface area (Å²) < 4.78 is 5.68. The van der Waals surface area contributed by atoms with E-state index >= 15 is 0 Å². The highest BCUT2D eigenvalue weighted by atomic mass is 16.5. The first-order chi connectivity index (χ1) is 10.7. The lowest BCUT2D eigenvalue weighted by Crippen LogP contribution is -2.63. The van der Waals surface area contributed by atoms with Crippen LogP contribution in [0.2, 0.25) is 0 Å². The van der Waals surface area contributed by atoms with Crippen LogP contribution < -0.4 is 4.90 Å². The van der Waals surface area contributed by atoms with Gasteiger partial charge in [-0.1, -0.05) is 18.2 Å². The fraction of sp³-hybridized carbons (Fsp3) is 0.611. The molecule has 0 bridgehead atoms. The maximum Gasteiger partial charge on any atom is 0.241 e. The number of ether oxygens (including phenoxy) is 1. The summed E-state index contributed by atoms with van der Waals surface area (Å²) in [6.45, 7) is 5.11. The van der Waals surface area contributed by atoms with Crippen LogP contribution in [-0.2, 0) is 16.0 Å². The summed E-state index contributed by atoms with van der Waals surface area (Å²) in [5, 5.41) is 0. The number of anilines is 1. The Balaban J connectivity index is 1.52. The Morgan fingerprint density at radius 1 is 1.36 bits per heavy atom. The minimum atomic E-state index is 0.149. The van der Waals surface area contributed by atoms with E-state index in [2.05, 4.69) is 30.0 Å². The molecule has 1 amide bonds. The van der Waals surface area contributed by atoms with E-state index < -0.39 is 0 Å². The lowest BCUT2D eigenvalue weighted by atomic mass is 9.75. The van der Waals surface area contributed by atoms with Crippen LogP contribution in [0.25, 0.3) is 0 Å². The van der Waals surface area contributed by atoms with E-state index in [0.29, 0.717) is 6.54 Å². The van der Waals surface area contributed by atoms with Crippen molar-refractivity contribution >= 4 is 11.6 Å². The van der Waals surface area contributed by atoms with Gasteiger partial charge in [0.2, 0.25) is 5.91 Å². The van der Waals surface area contributed by atoms with Crippen LogP contribution >= 0.6 is 0 Å². The molecule has 22 heavy (non-hydrogen) atoms. The number of hydrogen-bond acceptors (Lipinski definition) is 3. The van der Waals surface area contributed by atoms with Crippen molar-refractivity contribution in [2.45, 2.75) is 44.2 Å². The van der Waals surface area contributed by atoms with Crippen LogP contribution in [0.15, 0.2) is 24.3 Å². The quantitative estimate of drug-likeness (QED) is 0.839. The van der Waals surface area contributed by atoms with Crippen LogP contribution in [-0.4, -0.2) is 48.7 Å². The number of hydrogen-bond donors (Lipinski definition) is 0. The van der Waals surface area contributed by atoms with E-state index in [-0.39, 0.29) is 17.5 Å². The van der Waals surface area contributed by atoms with E-state index in [1.54, 1.807) is 0 Å². The van der Waals surface area contributed by atoms with Gasteiger partial charge in [0.15, 0.2) is 0 Å². The maximum absolute atomic E-state index is 13.0. The molecule has 1 saturated carbocycles. The Hall–Kier alpha value is -1.39. The topological polar surface area (TPSA) is 32.8 Å². The molecule has 4 nitrogen and oxygen atoms in total. The molecule has 1 atom stereocenters. The number of nitrogens with zero attached hydrogens (tertiary/aromatic N) is 2. The second kappa shape index (κ2) is 5.36. The summed E-state index contributed by atoms with van der Waals surface area (Å²) in [5.74, 6) is 0.241. The van der Waals surface area contributed by atoms with Gasteiger partial charge in [0.05, 0.1) is 19.8 Å². The van der Waals surface area contributed by atoms with Gasteiger partial charge in [0, 0.05) is 23.8 Å². The highest BCUT2D eigenvalue weighted by Gasteiger charge is 2.46. The summed E-state index contributed by atoms with van der Waals surface area (Å²) in [7, 11) is 0. The van der Waals surface area contributed by atoms with Crippen molar-refractivity contribution in [3.05, 3.63) is 29.8 Å². The van der Waals surface area contributed by atoms with Gasteiger partial charge in [-0.15, -0.1) is 0 Å². The Morgan fingerprint density at radius 3 is 2.95 bits per heavy atom. The van der Waals surface area contributed by atoms with E-state index in [4.69, 9.17) is 4.74 Å². The van der Waals surface area contributed by atoms with Gasteiger partial charge in [-0.05, 0) is 44.2 Å². The summed E-state index contributed by atoms with van der Waals surface area (Å²) in [4.78, 5) is 17.4. The normalized spacial score (nSPS) is 26.8. The third-order valence-corrected chi connectivity index (χ3v) is 5.63. The van der Waals surface area contributed by atoms with Gasteiger partial charge in [-0.2, -0.15) is 0 Å². The van der Waals surface area contributed by atoms with E-state index in [1.807, 2.05) is 11.0 Å². The predicted octanol–water partition coefficient (Wildman–Crippen LogP) is 2.22. The average molecular weight is 300 g/mol. The minimum absolute atomic E-state index is 0.149. The lowest BCUT2D eigenvalue weighted by Gasteiger charge is -2.52. The van der Waals surface area contributed by atoms with Gasteiger partial charge in [0.1, 0.15) is 0 Å². The molecule has 1 unspecified atom stereocenters. The molecule has 1 saturated heterocycles. The van der Waals surface area contributed by atoms with Gasteiger partial charge in [-0.3, -0.25) is 9.69 Å². The molecule has 0 aromatic heterocycles. The van der Waals surface area contributed by atoms with Crippen LogP contribution in [0.3, 0.4) is 0 Å². The second-order valence-electron chi connectivity index (χ2n) is 7.00. The molecule has 0 radical (unpaired) electrons. The first-order valence-corrected chi connectivity index (χ1v) is 8.42. The molecular formula is C18H24N2O2. The Labute approximate surface area is 132 Å². The number of para-hydroxylation sites is 1. The van der Waals surface area contributed by atoms with E-state index in [0.717, 1.165) is 31.9 Å². The molecule has 2 aliphatic heterocycles. The van der Waals surface area contributed by atoms with Crippen LogP contribution in [0.5, 0.6) is 0 Å². The standard InChI is InChI=1S/C18H24N2O2/c1-14-11-15-5-2-3-6-16(15)20(14)17(21)12-19-9-10-22-13-18(19)7-4-8-18/h2-3,5-6,14H,4,7-13H2,1H3. The highest BCUT2D eigenvalue weighted by molar-refractivity contribution is 5.97.